The van der Waals surface area contributed by atoms with Crippen LogP contribution in [0.15, 0.2) is 30.3 Å². The number of aliphatic hydroxyl groups is 1. The number of carboxylic acid groups (broad SMARTS) is 1. The van der Waals surface area contributed by atoms with Crippen LogP contribution in [-0.4, -0.2) is 21.9 Å². The van der Waals surface area contributed by atoms with Crippen molar-refractivity contribution in [1.82, 2.24) is 0 Å². The average molecular weight is 261 g/mol. The van der Waals surface area contributed by atoms with Crippen molar-refractivity contribution in [1.29, 1.82) is 0 Å². The second-order valence-corrected chi connectivity index (χ2v) is 4.55. The van der Waals surface area contributed by atoms with E-state index in [1.54, 1.807) is 0 Å². The maximum atomic E-state index is 10.2. The SMILES string of the molecule is NC(=O)O.OC1(C#Cc2ccccc2)CCCCC1. The molecule has 1 aromatic rings. The van der Waals surface area contributed by atoms with Crippen molar-refractivity contribution in [2.75, 3.05) is 0 Å². The van der Waals surface area contributed by atoms with Crippen LogP contribution >= 0.6 is 0 Å². The Bertz CT molecular complexity index is 449. The van der Waals surface area contributed by atoms with E-state index in [0.29, 0.717) is 0 Å². The number of carbonyl (C=O) groups is 1. The van der Waals surface area contributed by atoms with Gasteiger partial charge in [-0.3, -0.25) is 0 Å². The quantitative estimate of drug-likeness (QED) is 0.627. The molecule has 1 saturated carbocycles. The smallest absolute Gasteiger partial charge is 0.402 e. The van der Waals surface area contributed by atoms with Gasteiger partial charge in [-0.1, -0.05) is 36.5 Å². The third kappa shape index (κ3) is 6.49. The highest BCUT2D eigenvalue weighted by Crippen LogP contribution is 2.27. The molecule has 102 valence electrons. The molecule has 0 atom stereocenters. The highest BCUT2D eigenvalue weighted by atomic mass is 16.4. The number of hydrogen-bond acceptors (Lipinski definition) is 2. The minimum atomic E-state index is -1.33. The molecule has 2 rings (SSSR count). The van der Waals surface area contributed by atoms with Crippen molar-refractivity contribution in [3.63, 3.8) is 0 Å². The summed E-state index contributed by atoms with van der Waals surface area (Å²) in [6.45, 7) is 0. The lowest BCUT2D eigenvalue weighted by atomic mass is 9.85. The van der Waals surface area contributed by atoms with Crippen molar-refractivity contribution in [3.05, 3.63) is 35.9 Å². The normalized spacial score (nSPS) is 16.3. The first kappa shape index (κ1) is 15.1. The van der Waals surface area contributed by atoms with Gasteiger partial charge in [0.15, 0.2) is 0 Å². The fourth-order valence-corrected chi connectivity index (χ4v) is 1.97. The predicted molar refractivity (Wildman–Crippen MR) is 73.6 cm³/mol. The summed E-state index contributed by atoms with van der Waals surface area (Å²) in [7, 11) is 0. The molecule has 4 nitrogen and oxygen atoms in total. The second-order valence-electron chi connectivity index (χ2n) is 4.55. The first-order valence-electron chi connectivity index (χ1n) is 6.31. The van der Waals surface area contributed by atoms with Crippen LogP contribution < -0.4 is 5.73 Å². The van der Waals surface area contributed by atoms with Gasteiger partial charge in [-0.05, 0) is 37.8 Å². The highest BCUT2D eigenvalue weighted by molar-refractivity contribution is 5.61. The summed E-state index contributed by atoms with van der Waals surface area (Å²) in [6.07, 6.45) is 3.74. The van der Waals surface area contributed by atoms with Crippen LogP contribution in [0.3, 0.4) is 0 Å². The standard InChI is InChI=1S/C14H16O.CH3NO2/c15-14(10-5-2-6-11-14)12-9-13-7-3-1-4-8-13;2-1(3)4/h1,3-4,7-8,15H,2,5-6,10-11H2;2H2,(H,3,4). The Morgan fingerprint density at radius 3 is 2.21 bits per heavy atom. The van der Waals surface area contributed by atoms with Gasteiger partial charge in [0.25, 0.3) is 0 Å². The van der Waals surface area contributed by atoms with Gasteiger partial charge in [0.05, 0.1) is 0 Å². The molecule has 0 aliphatic heterocycles. The third-order valence-corrected chi connectivity index (χ3v) is 2.89. The molecule has 0 unspecified atom stereocenters. The van der Waals surface area contributed by atoms with E-state index in [9.17, 15) is 5.11 Å². The summed E-state index contributed by atoms with van der Waals surface area (Å²) in [5.74, 6) is 6.07. The summed E-state index contributed by atoms with van der Waals surface area (Å²) in [5, 5.41) is 17.4. The summed E-state index contributed by atoms with van der Waals surface area (Å²) in [6, 6.07) is 9.85. The molecule has 19 heavy (non-hydrogen) atoms. The van der Waals surface area contributed by atoms with Gasteiger partial charge in [-0.2, -0.15) is 0 Å². The van der Waals surface area contributed by atoms with Crippen molar-refractivity contribution in [3.8, 4) is 11.8 Å². The Hall–Kier alpha value is -1.99. The van der Waals surface area contributed by atoms with E-state index in [1.807, 2.05) is 30.3 Å². The average Bonchev–Trinajstić information content (AvgIpc) is 2.38. The minimum Gasteiger partial charge on any atom is -0.465 e. The maximum Gasteiger partial charge on any atom is 0.402 e. The Balaban J connectivity index is 0.000000399. The van der Waals surface area contributed by atoms with Gasteiger partial charge >= 0.3 is 6.09 Å². The second kappa shape index (κ2) is 7.45. The van der Waals surface area contributed by atoms with Crippen molar-refractivity contribution in [2.24, 2.45) is 5.73 Å². The van der Waals surface area contributed by atoms with Gasteiger partial charge in [-0.25, -0.2) is 4.79 Å². The predicted octanol–water partition coefficient (Wildman–Crippen LogP) is 2.36. The van der Waals surface area contributed by atoms with Gasteiger partial charge in [0.1, 0.15) is 5.60 Å². The van der Waals surface area contributed by atoms with E-state index in [1.165, 1.54) is 6.42 Å². The number of nitrogens with two attached hydrogens (primary N) is 1. The number of amides is 1. The van der Waals surface area contributed by atoms with Crippen molar-refractivity contribution >= 4 is 6.09 Å². The van der Waals surface area contributed by atoms with Crippen LogP contribution in [0.25, 0.3) is 0 Å². The molecular weight excluding hydrogens is 242 g/mol. The summed E-state index contributed by atoms with van der Waals surface area (Å²) in [5.41, 5.74) is 4.28. The van der Waals surface area contributed by atoms with Gasteiger partial charge in [-0.15, -0.1) is 0 Å². The van der Waals surface area contributed by atoms with Crippen LogP contribution in [-0.2, 0) is 0 Å². The Labute approximate surface area is 113 Å². The molecule has 1 fully saturated rings. The lowest BCUT2D eigenvalue weighted by Gasteiger charge is -2.26. The van der Waals surface area contributed by atoms with E-state index in [2.05, 4.69) is 17.6 Å². The van der Waals surface area contributed by atoms with E-state index in [0.717, 1.165) is 31.2 Å². The first-order valence-corrected chi connectivity index (χ1v) is 6.31. The van der Waals surface area contributed by atoms with E-state index in [-0.39, 0.29) is 0 Å². The molecule has 1 aliphatic rings. The monoisotopic (exact) mass is 261 g/mol. The minimum absolute atomic E-state index is 0.728. The van der Waals surface area contributed by atoms with Crippen LogP contribution in [0.4, 0.5) is 4.79 Å². The van der Waals surface area contributed by atoms with E-state index >= 15 is 0 Å². The molecule has 1 aliphatic carbocycles. The zero-order valence-electron chi connectivity index (χ0n) is 10.8. The van der Waals surface area contributed by atoms with E-state index in [4.69, 9.17) is 9.90 Å². The van der Waals surface area contributed by atoms with Crippen molar-refractivity contribution < 1.29 is 15.0 Å². The Kier molecular flexibility index (Phi) is 5.91. The molecule has 0 heterocycles. The molecular formula is C15H19NO3. The molecule has 0 saturated heterocycles. The molecule has 0 radical (unpaired) electrons. The molecule has 4 heteroatoms. The fourth-order valence-electron chi connectivity index (χ4n) is 1.97. The Morgan fingerprint density at radius 2 is 1.68 bits per heavy atom. The summed E-state index contributed by atoms with van der Waals surface area (Å²) >= 11 is 0. The molecule has 1 amide bonds. The summed E-state index contributed by atoms with van der Waals surface area (Å²) < 4.78 is 0. The molecule has 0 spiro atoms. The summed E-state index contributed by atoms with van der Waals surface area (Å²) in [4.78, 5) is 8.78. The lowest BCUT2D eigenvalue weighted by molar-refractivity contribution is 0.0610. The fraction of sp³-hybridized carbons (Fsp3) is 0.400. The topological polar surface area (TPSA) is 83.6 Å². The zero-order valence-corrected chi connectivity index (χ0v) is 10.8. The molecule has 0 aromatic heterocycles. The largest absolute Gasteiger partial charge is 0.465 e. The van der Waals surface area contributed by atoms with Crippen LogP contribution in [0, 0.1) is 11.8 Å². The number of rotatable bonds is 0. The zero-order chi connectivity index (χ0) is 14.1. The molecule has 1 aromatic carbocycles. The van der Waals surface area contributed by atoms with Crippen LogP contribution in [0.5, 0.6) is 0 Å². The van der Waals surface area contributed by atoms with Gasteiger partial charge < -0.3 is 15.9 Å². The number of benzene rings is 1. The molecule has 4 N–H and O–H groups in total. The third-order valence-electron chi connectivity index (χ3n) is 2.89. The molecule has 0 bridgehead atoms. The van der Waals surface area contributed by atoms with E-state index < -0.39 is 11.7 Å². The lowest BCUT2D eigenvalue weighted by Crippen LogP contribution is -2.29. The first-order chi connectivity index (χ1) is 9.02. The maximum absolute atomic E-state index is 10.2. The van der Waals surface area contributed by atoms with Crippen molar-refractivity contribution in [2.45, 2.75) is 37.7 Å². The number of hydrogen-bond donors (Lipinski definition) is 3. The number of primary amides is 1. The van der Waals surface area contributed by atoms with Gasteiger partial charge in [0.2, 0.25) is 0 Å². The Morgan fingerprint density at radius 1 is 1.16 bits per heavy atom. The van der Waals surface area contributed by atoms with Crippen LogP contribution in [0.1, 0.15) is 37.7 Å². The highest BCUT2D eigenvalue weighted by Gasteiger charge is 2.26. The van der Waals surface area contributed by atoms with Gasteiger partial charge in [0, 0.05) is 5.56 Å². The van der Waals surface area contributed by atoms with Crippen LogP contribution in [0.2, 0.25) is 0 Å².